The van der Waals surface area contributed by atoms with Gasteiger partial charge in [0.1, 0.15) is 12.4 Å². The molecule has 0 aliphatic carbocycles. The third-order valence-corrected chi connectivity index (χ3v) is 2.57. The van der Waals surface area contributed by atoms with Crippen molar-refractivity contribution in [3.05, 3.63) is 29.8 Å². The number of rotatable bonds is 7. The number of halogens is 2. The number of aliphatic hydroxyl groups excluding tert-OH is 1. The number of carbonyl (C=O) groups is 1. The number of benzene rings is 1. The molecule has 0 heterocycles. The molecule has 112 valence electrons. The first-order chi connectivity index (χ1) is 9.58. The Kier molecular flexibility index (Phi) is 6.72. The highest BCUT2D eigenvalue weighted by atomic mass is 19.1. The number of amides is 2. The van der Waals surface area contributed by atoms with Gasteiger partial charge in [-0.15, -0.1) is 0 Å². The van der Waals surface area contributed by atoms with Gasteiger partial charge in [0, 0.05) is 19.2 Å². The van der Waals surface area contributed by atoms with Gasteiger partial charge in [-0.2, -0.15) is 0 Å². The fourth-order valence-corrected chi connectivity index (χ4v) is 1.55. The maximum Gasteiger partial charge on any atom is 0.317 e. The minimum Gasteiger partial charge on any atom is -0.489 e. The topological polar surface area (TPSA) is 61.8 Å². The third-order valence-electron chi connectivity index (χ3n) is 2.57. The quantitative estimate of drug-likeness (QED) is 0.745. The molecule has 20 heavy (non-hydrogen) atoms. The number of hydrogen-bond donors (Lipinski definition) is 2. The fraction of sp³-hybridized carbons (Fsp3) is 0.462. The van der Waals surface area contributed by atoms with E-state index in [1.54, 1.807) is 6.92 Å². The van der Waals surface area contributed by atoms with E-state index in [0.717, 1.165) is 12.1 Å². The average molecular weight is 288 g/mol. The van der Waals surface area contributed by atoms with Crippen LogP contribution in [0.15, 0.2) is 18.2 Å². The number of hydrogen-bond acceptors (Lipinski definition) is 3. The van der Waals surface area contributed by atoms with Crippen molar-refractivity contribution in [3.8, 4) is 5.75 Å². The zero-order valence-electron chi connectivity index (χ0n) is 11.2. The van der Waals surface area contributed by atoms with Crippen LogP contribution in [0, 0.1) is 11.6 Å². The average Bonchev–Trinajstić information content (AvgIpc) is 2.42. The molecule has 0 atom stereocenters. The maximum absolute atomic E-state index is 13.2. The number of likely N-dealkylation sites (N-methyl/N-ethyl adjacent to an activating group) is 1. The van der Waals surface area contributed by atoms with Crippen LogP contribution in [0.4, 0.5) is 13.6 Å². The minimum atomic E-state index is -0.785. The van der Waals surface area contributed by atoms with Crippen molar-refractivity contribution in [1.29, 1.82) is 0 Å². The van der Waals surface area contributed by atoms with E-state index in [1.807, 2.05) is 0 Å². The molecule has 0 bridgehead atoms. The monoisotopic (exact) mass is 288 g/mol. The molecule has 7 heteroatoms. The lowest BCUT2D eigenvalue weighted by Gasteiger charge is -2.20. The van der Waals surface area contributed by atoms with E-state index in [4.69, 9.17) is 9.84 Å². The van der Waals surface area contributed by atoms with Gasteiger partial charge in [0.05, 0.1) is 13.2 Å². The number of aliphatic hydroxyl groups is 1. The Hall–Kier alpha value is -1.89. The maximum atomic E-state index is 13.2. The molecule has 2 amide bonds. The van der Waals surface area contributed by atoms with Gasteiger partial charge < -0.3 is 20.1 Å². The van der Waals surface area contributed by atoms with E-state index in [-0.39, 0.29) is 38.1 Å². The van der Waals surface area contributed by atoms with Gasteiger partial charge in [-0.3, -0.25) is 0 Å². The second-order valence-electron chi connectivity index (χ2n) is 3.96. The predicted molar refractivity (Wildman–Crippen MR) is 69.6 cm³/mol. The molecule has 0 saturated heterocycles. The fourth-order valence-electron chi connectivity index (χ4n) is 1.55. The van der Waals surface area contributed by atoms with Crippen LogP contribution in [-0.2, 0) is 0 Å². The summed E-state index contributed by atoms with van der Waals surface area (Å²) in [5, 5.41) is 11.3. The largest absolute Gasteiger partial charge is 0.489 e. The van der Waals surface area contributed by atoms with Crippen molar-refractivity contribution in [3.63, 3.8) is 0 Å². The molecular formula is C13H18F2N2O3. The molecule has 1 rings (SSSR count). The van der Waals surface area contributed by atoms with Crippen LogP contribution < -0.4 is 10.1 Å². The van der Waals surface area contributed by atoms with Gasteiger partial charge in [0.2, 0.25) is 0 Å². The Morgan fingerprint density at radius 2 is 2.20 bits per heavy atom. The zero-order chi connectivity index (χ0) is 15.0. The zero-order valence-corrected chi connectivity index (χ0v) is 11.2. The number of urea groups is 1. The Morgan fingerprint density at radius 3 is 2.80 bits per heavy atom. The molecule has 0 aliphatic rings. The summed E-state index contributed by atoms with van der Waals surface area (Å²) >= 11 is 0. The van der Waals surface area contributed by atoms with Gasteiger partial charge >= 0.3 is 6.03 Å². The van der Waals surface area contributed by atoms with Crippen LogP contribution in [0.2, 0.25) is 0 Å². The Bertz CT molecular complexity index is 444. The second kappa shape index (κ2) is 8.31. The molecule has 0 aromatic heterocycles. The molecule has 1 aromatic rings. The molecule has 0 spiro atoms. The van der Waals surface area contributed by atoms with Crippen molar-refractivity contribution in [2.75, 3.05) is 32.8 Å². The van der Waals surface area contributed by atoms with E-state index >= 15 is 0 Å². The smallest absolute Gasteiger partial charge is 0.317 e. The van der Waals surface area contributed by atoms with Crippen molar-refractivity contribution >= 4 is 6.03 Å². The molecule has 2 N–H and O–H groups in total. The summed E-state index contributed by atoms with van der Waals surface area (Å²) in [4.78, 5) is 13.0. The highest BCUT2D eigenvalue weighted by molar-refractivity contribution is 5.74. The number of nitrogens with zero attached hydrogens (tertiary/aromatic N) is 1. The van der Waals surface area contributed by atoms with Crippen molar-refractivity contribution in [2.45, 2.75) is 6.92 Å². The first-order valence-electron chi connectivity index (χ1n) is 6.30. The molecule has 0 saturated carbocycles. The molecule has 0 aliphatic heterocycles. The van der Waals surface area contributed by atoms with Gasteiger partial charge in [-0.1, -0.05) is 0 Å². The summed E-state index contributed by atoms with van der Waals surface area (Å²) in [6, 6.07) is 2.69. The van der Waals surface area contributed by atoms with Gasteiger partial charge in [0.25, 0.3) is 0 Å². The molecular weight excluding hydrogens is 270 g/mol. The van der Waals surface area contributed by atoms with Crippen LogP contribution in [0.3, 0.4) is 0 Å². The highest BCUT2D eigenvalue weighted by Gasteiger charge is 2.10. The lowest BCUT2D eigenvalue weighted by molar-refractivity contribution is 0.178. The summed E-state index contributed by atoms with van der Waals surface area (Å²) in [6.45, 7) is 2.64. The van der Waals surface area contributed by atoms with Gasteiger partial charge in [0.15, 0.2) is 11.6 Å². The predicted octanol–water partition coefficient (Wildman–Crippen LogP) is 1.37. The van der Waals surface area contributed by atoms with Crippen LogP contribution in [0.1, 0.15) is 6.92 Å². The van der Waals surface area contributed by atoms with Gasteiger partial charge in [-0.05, 0) is 19.1 Å². The lowest BCUT2D eigenvalue weighted by Crippen LogP contribution is -2.42. The molecule has 0 radical (unpaired) electrons. The molecule has 0 unspecified atom stereocenters. The second-order valence-corrected chi connectivity index (χ2v) is 3.96. The summed E-state index contributed by atoms with van der Waals surface area (Å²) < 4.78 is 31.0. The summed E-state index contributed by atoms with van der Waals surface area (Å²) in [7, 11) is 0. The number of nitrogens with one attached hydrogen (secondary N) is 1. The summed E-state index contributed by atoms with van der Waals surface area (Å²) in [5.74, 6) is -1.53. The Labute approximate surface area is 116 Å². The first kappa shape index (κ1) is 16.2. The van der Waals surface area contributed by atoms with E-state index in [1.165, 1.54) is 11.0 Å². The Morgan fingerprint density at radius 1 is 1.45 bits per heavy atom. The third kappa shape index (κ3) is 5.00. The van der Waals surface area contributed by atoms with E-state index in [9.17, 15) is 13.6 Å². The number of ether oxygens (including phenoxy) is 1. The first-order valence-corrected chi connectivity index (χ1v) is 6.30. The van der Waals surface area contributed by atoms with Crippen LogP contribution >= 0.6 is 0 Å². The number of carbonyl (C=O) groups excluding carboxylic acids is 1. The van der Waals surface area contributed by atoms with E-state index in [0.29, 0.717) is 6.54 Å². The van der Waals surface area contributed by atoms with Gasteiger partial charge in [-0.25, -0.2) is 13.6 Å². The highest BCUT2D eigenvalue weighted by Crippen LogP contribution is 2.17. The molecule has 5 nitrogen and oxygen atoms in total. The standard InChI is InChI=1S/C13H18F2N2O3/c1-2-17(6-7-18)13(19)16-5-8-20-12-4-3-10(14)9-11(12)15/h3-4,9,18H,2,5-8H2,1H3,(H,16,19). The van der Waals surface area contributed by atoms with Crippen LogP contribution in [-0.4, -0.2) is 48.9 Å². The van der Waals surface area contributed by atoms with Crippen molar-refractivity contribution < 1.29 is 23.4 Å². The van der Waals surface area contributed by atoms with E-state index in [2.05, 4.69) is 5.32 Å². The van der Waals surface area contributed by atoms with Crippen LogP contribution in [0.5, 0.6) is 5.75 Å². The molecule has 1 aromatic carbocycles. The van der Waals surface area contributed by atoms with Crippen molar-refractivity contribution in [2.24, 2.45) is 0 Å². The normalized spacial score (nSPS) is 10.2. The Balaban J connectivity index is 2.32. The molecule has 0 fully saturated rings. The SMILES string of the molecule is CCN(CCO)C(=O)NCCOc1ccc(F)cc1F. The summed E-state index contributed by atoms with van der Waals surface area (Å²) in [5.41, 5.74) is 0. The van der Waals surface area contributed by atoms with E-state index < -0.39 is 11.6 Å². The minimum absolute atomic E-state index is 0.0605. The van der Waals surface area contributed by atoms with Crippen molar-refractivity contribution in [1.82, 2.24) is 10.2 Å². The summed E-state index contributed by atoms with van der Waals surface area (Å²) in [6.07, 6.45) is 0. The van der Waals surface area contributed by atoms with Crippen LogP contribution in [0.25, 0.3) is 0 Å². The lowest BCUT2D eigenvalue weighted by atomic mass is 10.3.